The van der Waals surface area contributed by atoms with E-state index in [1.165, 1.54) is 0 Å². The summed E-state index contributed by atoms with van der Waals surface area (Å²) >= 11 is 0. The fraction of sp³-hybridized carbons (Fsp3) is 0.346. The third kappa shape index (κ3) is 5.32. The van der Waals surface area contributed by atoms with E-state index in [2.05, 4.69) is 27.2 Å². The maximum Gasteiger partial charge on any atom is 0.335 e. The van der Waals surface area contributed by atoms with Crippen LogP contribution in [0.15, 0.2) is 35.4 Å². The molecule has 0 bridgehead atoms. The Morgan fingerprint density at radius 1 is 1.13 bits per heavy atom. The number of carboxylic acids is 2. The standard InChI is InChI=1S/C22H22N4O3.C4H6O6/c1-12-9-23-22(28-3)13(2)19(12)14-4-5-16-18(8-14)25-21(27)17-10-24-26(20(16)17)15-6-7-29-11-15;5-1(3(7)8)2(6)4(9)10/h4-5,8-10,15H,6-7,11H2,1-3H3,(H,25,27);1-2,5-6H,(H,7,8)(H,9,10)/t15-;/m0./s1. The number of rotatable bonds is 6. The normalized spacial score (nSPS) is 16.5. The largest absolute Gasteiger partial charge is 0.481 e. The van der Waals surface area contributed by atoms with E-state index in [0.29, 0.717) is 17.9 Å². The summed E-state index contributed by atoms with van der Waals surface area (Å²) in [5, 5.41) is 38.6. The summed E-state index contributed by atoms with van der Waals surface area (Å²) in [5.74, 6) is -2.93. The number of hydrogen-bond acceptors (Lipinski definition) is 9. The molecule has 1 aromatic carbocycles. The Labute approximate surface area is 221 Å². The van der Waals surface area contributed by atoms with Crippen LogP contribution in [-0.2, 0) is 14.3 Å². The minimum atomic E-state index is -2.27. The van der Waals surface area contributed by atoms with Crippen LogP contribution in [0.25, 0.3) is 32.9 Å². The molecule has 2 unspecified atom stereocenters. The second-order valence-corrected chi connectivity index (χ2v) is 9.10. The first kappa shape index (κ1) is 27.7. The van der Waals surface area contributed by atoms with Crippen LogP contribution < -0.4 is 10.3 Å². The second-order valence-electron chi connectivity index (χ2n) is 9.10. The molecule has 5 rings (SSSR count). The molecule has 1 aliphatic heterocycles. The lowest BCUT2D eigenvalue weighted by atomic mass is 9.96. The van der Waals surface area contributed by atoms with Gasteiger partial charge in [0.05, 0.1) is 42.4 Å². The second kappa shape index (κ2) is 11.2. The predicted octanol–water partition coefficient (Wildman–Crippen LogP) is 1.40. The highest BCUT2D eigenvalue weighted by Crippen LogP contribution is 2.34. The Morgan fingerprint density at radius 3 is 2.41 bits per heavy atom. The molecule has 1 fully saturated rings. The van der Waals surface area contributed by atoms with Gasteiger partial charge in [0.1, 0.15) is 0 Å². The van der Waals surface area contributed by atoms with Crippen LogP contribution in [0.3, 0.4) is 0 Å². The first-order chi connectivity index (χ1) is 18.5. The number of aliphatic hydroxyl groups is 2. The number of H-pyrrole nitrogens is 1. The van der Waals surface area contributed by atoms with E-state index in [0.717, 1.165) is 51.7 Å². The van der Waals surface area contributed by atoms with Crippen molar-refractivity contribution < 1.29 is 39.5 Å². The van der Waals surface area contributed by atoms with Gasteiger partial charge in [-0.15, -0.1) is 0 Å². The molecule has 4 heterocycles. The number of fused-ring (bicyclic) bond motifs is 3. The summed E-state index contributed by atoms with van der Waals surface area (Å²) < 4.78 is 12.9. The molecule has 0 radical (unpaired) electrons. The Hall–Kier alpha value is -4.33. The summed E-state index contributed by atoms with van der Waals surface area (Å²) in [4.78, 5) is 39.6. The summed E-state index contributed by atoms with van der Waals surface area (Å²) in [6, 6.07) is 6.32. The maximum absolute atomic E-state index is 12.7. The molecule has 3 aromatic heterocycles. The molecule has 39 heavy (non-hydrogen) atoms. The highest BCUT2D eigenvalue weighted by molar-refractivity contribution is 6.04. The molecule has 206 valence electrons. The van der Waals surface area contributed by atoms with Crippen molar-refractivity contribution in [2.45, 2.75) is 38.5 Å². The number of nitrogens with zero attached hydrogens (tertiary/aromatic N) is 3. The predicted molar refractivity (Wildman–Crippen MR) is 139 cm³/mol. The number of aromatic nitrogens is 4. The minimum Gasteiger partial charge on any atom is -0.481 e. The van der Waals surface area contributed by atoms with Gasteiger partial charge in [0.2, 0.25) is 5.88 Å². The Bertz CT molecular complexity index is 1590. The van der Waals surface area contributed by atoms with Crippen LogP contribution in [0.4, 0.5) is 0 Å². The minimum absolute atomic E-state index is 0.129. The lowest BCUT2D eigenvalue weighted by Gasteiger charge is -2.14. The fourth-order valence-electron chi connectivity index (χ4n) is 4.63. The average Bonchev–Trinajstić information content (AvgIpc) is 3.59. The topological polar surface area (TPSA) is 197 Å². The van der Waals surface area contributed by atoms with E-state index < -0.39 is 24.1 Å². The number of benzene rings is 1. The lowest BCUT2D eigenvalue weighted by molar-refractivity contribution is -0.165. The molecule has 0 spiro atoms. The van der Waals surface area contributed by atoms with Gasteiger partial charge in [-0.1, -0.05) is 12.1 Å². The molecule has 4 aromatic rings. The summed E-state index contributed by atoms with van der Waals surface area (Å²) in [6.45, 7) is 5.37. The van der Waals surface area contributed by atoms with Crippen molar-refractivity contribution in [2.24, 2.45) is 0 Å². The molecule has 0 aliphatic carbocycles. The van der Waals surface area contributed by atoms with E-state index in [4.69, 9.17) is 29.9 Å². The van der Waals surface area contributed by atoms with Crippen LogP contribution in [0.2, 0.25) is 0 Å². The van der Waals surface area contributed by atoms with Crippen LogP contribution >= 0.6 is 0 Å². The van der Waals surface area contributed by atoms with Gasteiger partial charge >= 0.3 is 11.9 Å². The van der Waals surface area contributed by atoms with Gasteiger partial charge < -0.3 is 34.9 Å². The van der Waals surface area contributed by atoms with Gasteiger partial charge in [-0.2, -0.15) is 5.10 Å². The number of hydrogen-bond donors (Lipinski definition) is 5. The number of aromatic amines is 1. The number of nitrogens with one attached hydrogen (secondary N) is 1. The van der Waals surface area contributed by atoms with Crippen LogP contribution in [0.1, 0.15) is 23.6 Å². The third-order valence-electron chi connectivity index (χ3n) is 6.57. The highest BCUT2D eigenvalue weighted by Gasteiger charge is 2.29. The van der Waals surface area contributed by atoms with Crippen molar-refractivity contribution in [3.63, 3.8) is 0 Å². The number of aliphatic hydroxyl groups excluding tert-OH is 2. The quantitative estimate of drug-likeness (QED) is 0.237. The Morgan fingerprint density at radius 2 is 1.82 bits per heavy atom. The molecule has 0 saturated carbocycles. The van der Waals surface area contributed by atoms with Gasteiger partial charge in [0, 0.05) is 23.8 Å². The number of ether oxygens (including phenoxy) is 2. The van der Waals surface area contributed by atoms with Crippen molar-refractivity contribution >= 4 is 33.7 Å². The first-order valence-electron chi connectivity index (χ1n) is 12.0. The zero-order valence-electron chi connectivity index (χ0n) is 21.4. The van der Waals surface area contributed by atoms with E-state index >= 15 is 0 Å². The summed E-state index contributed by atoms with van der Waals surface area (Å²) in [7, 11) is 1.62. The van der Waals surface area contributed by atoms with Crippen LogP contribution in [0, 0.1) is 13.8 Å². The number of carbonyl (C=O) groups is 2. The molecule has 13 heteroatoms. The number of pyridine rings is 2. The number of methoxy groups -OCH3 is 1. The van der Waals surface area contributed by atoms with Crippen molar-refractivity contribution in [3.8, 4) is 17.0 Å². The zero-order valence-corrected chi connectivity index (χ0v) is 21.4. The van der Waals surface area contributed by atoms with Crippen molar-refractivity contribution in [2.75, 3.05) is 20.3 Å². The van der Waals surface area contributed by atoms with Crippen molar-refractivity contribution in [1.82, 2.24) is 19.7 Å². The Kier molecular flexibility index (Phi) is 7.95. The lowest BCUT2D eigenvalue weighted by Crippen LogP contribution is -2.39. The maximum atomic E-state index is 12.7. The van der Waals surface area contributed by atoms with E-state index in [-0.39, 0.29) is 11.6 Å². The van der Waals surface area contributed by atoms with Gasteiger partial charge in [0.15, 0.2) is 12.2 Å². The molecule has 0 amide bonds. The molecule has 13 nitrogen and oxygen atoms in total. The number of aliphatic carboxylic acids is 2. The molecule has 3 atom stereocenters. The van der Waals surface area contributed by atoms with Gasteiger partial charge in [-0.25, -0.2) is 14.6 Å². The Balaban J connectivity index is 0.000000303. The number of aryl methyl sites for hydroxylation is 1. The zero-order chi connectivity index (χ0) is 28.4. The average molecular weight is 541 g/mol. The number of carboxylic acid groups (broad SMARTS) is 2. The van der Waals surface area contributed by atoms with E-state index in [1.807, 2.05) is 30.8 Å². The van der Waals surface area contributed by atoms with Gasteiger partial charge in [0.25, 0.3) is 5.56 Å². The molecule has 5 N–H and O–H groups in total. The van der Waals surface area contributed by atoms with Crippen LogP contribution in [0.5, 0.6) is 5.88 Å². The highest BCUT2D eigenvalue weighted by atomic mass is 16.5. The first-order valence-corrected chi connectivity index (χ1v) is 12.0. The van der Waals surface area contributed by atoms with Gasteiger partial charge in [-0.3, -0.25) is 9.48 Å². The molecular weight excluding hydrogens is 512 g/mol. The van der Waals surface area contributed by atoms with Gasteiger partial charge in [-0.05, 0) is 43.0 Å². The SMILES string of the molecule is COc1ncc(C)c(-c2ccc3c(c2)[nH]c(=O)c2cnn([C@H]4CCOC4)c23)c1C.O=C(O)C(O)C(O)C(=O)O. The van der Waals surface area contributed by atoms with Crippen molar-refractivity contribution in [1.29, 1.82) is 0 Å². The smallest absolute Gasteiger partial charge is 0.335 e. The van der Waals surface area contributed by atoms with E-state index in [9.17, 15) is 14.4 Å². The van der Waals surface area contributed by atoms with Crippen molar-refractivity contribution in [3.05, 3.63) is 52.1 Å². The molecular formula is C26H28N4O9. The van der Waals surface area contributed by atoms with E-state index in [1.54, 1.807) is 13.3 Å². The molecule has 1 saturated heterocycles. The van der Waals surface area contributed by atoms with Crippen LogP contribution in [-0.4, -0.2) is 84.6 Å². The molecule has 1 aliphatic rings. The monoisotopic (exact) mass is 540 g/mol. The fourth-order valence-corrected chi connectivity index (χ4v) is 4.63. The summed E-state index contributed by atoms with van der Waals surface area (Å²) in [5.41, 5.74) is 5.64. The third-order valence-corrected chi connectivity index (χ3v) is 6.57. The summed E-state index contributed by atoms with van der Waals surface area (Å²) in [6.07, 6.45) is -0.165.